The van der Waals surface area contributed by atoms with E-state index in [1.807, 2.05) is 13.0 Å². The van der Waals surface area contributed by atoms with Crippen molar-refractivity contribution >= 4 is 0 Å². The molecule has 0 aromatic carbocycles. The van der Waals surface area contributed by atoms with E-state index in [4.69, 9.17) is 4.42 Å². The van der Waals surface area contributed by atoms with Crippen molar-refractivity contribution in [3.63, 3.8) is 0 Å². The van der Waals surface area contributed by atoms with Crippen LogP contribution in [0.5, 0.6) is 0 Å². The number of allylic oxidation sites excluding steroid dienone is 1. The second kappa shape index (κ2) is 4.69. The Hall–Kier alpha value is -0.980. The molecule has 0 amide bonds. The maximum Gasteiger partial charge on any atom is 0.109 e. The molecular weight excluding hydrogens is 184 g/mol. The first-order chi connectivity index (χ1) is 6.92. The van der Waals surface area contributed by atoms with Gasteiger partial charge in [-0.1, -0.05) is 19.4 Å². The second-order valence-electron chi connectivity index (χ2n) is 5.10. The molecule has 84 valence electrons. The van der Waals surface area contributed by atoms with Gasteiger partial charge >= 0.3 is 0 Å². The minimum absolute atomic E-state index is 0.143. The zero-order chi connectivity index (χ0) is 11.5. The zero-order valence-electron chi connectivity index (χ0n) is 10.4. The smallest absolute Gasteiger partial charge is 0.109 e. The fraction of sp³-hybridized carbons (Fsp3) is 0.571. The van der Waals surface area contributed by atoms with Gasteiger partial charge in [-0.25, -0.2) is 0 Å². The lowest BCUT2D eigenvalue weighted by atomic mass is 9.84. The molecule has 0 bridgehead atoms. The first-order valence-corrected chi connectivity index (χ1v) is 5.63. The van der Waals surface area contributed by atoms with E-state index < -0.39 is 0 Å². The summed E-state index contributed by atoms with van der Waals surface area (Å²) in [5, 5.41) is 0. The Morgan fingerprint density at radius 2 is 2.07 bits per heavy atom. The largest absolute Gasteiger partial charge is 0.466 e. The van der Waals surface area contributed by atoms with Gasteiger partial charge in [0.25, 0.3) is 0 Å². The molecule has 0 saturated heterocycles. The SMILES string of the molecule is C=C(C)CCCC(C)(C)c1ccc(C)o1. The minimum atomic E-state index is 0.143. The van der Waals surface area contributed by atoms with Crippen molar-refractivity contribution in [1.29, 1.82) is 0 Å². The van der Waals surface area contributed by atoms with Crippen molar-refractivity contribution in [2.75, 3.05) is 0 Å². The number of hydrogen-bond acceptors (Lipinski definition) is 1. The molecule has 1 nitrogen and oxygen atoms in total. The van der Waals surface area contributed by atoms with E-state index in [0.717, 1.165) is 24.4 Å². The summed E-state index contributed by atoms with van der Waals surface area (Å²) in [5.41, 5.74) is 1.41. The molecule has 0 aliphatic carbocycles. The molecule has 1 aromatic rings. The summed E-state index contributed by atoms with van der Waals surface area (Å²) in [6.45, 7) is 12.5. The van der Waals surface area contributed by atoms with Gasteiger partial charge in [0.15, 0.2) is 0 Å². The summed E-state index contributed by atoms with van der Waals surface area (Å²) in [5.74, 6) is 2.10. The molecular formula is C14H22O. The van der Waals surface area contributed by atoms with Crippen LogP contribution in [-0.4, -0.2) is 0 Å². The van der Waals surface area contributed by atoms with Gasteiger partial charge in [0.2, 0.25) is 0 Å². The van der Waals surface area contributed by atoms with Crippen molar-refractivity contribution in [2.24, 2.45) is 0 Å². The first-order valence-electron chi connectivity index (χ1n) is 5.63. The lowest BCUT2D eigenvalue weighted by Crippen LogP contribution is -2.15. The summed E-state index contributed by atoms with van der Waals surface area (Å²) >= 11 is 0. The van der Waals surface area contributed by atoms with Crippen molar-refractivity contribution in [1.82, 2.24) is 0 Å². The standard InChI is InChI=1S/C14H22O/c1-11(2)7-6-10-14(4,5)13-9-8-12(3)15-13/h8-9H,1,6-7,10H2,2-5H3. The van der Waals surface area contributed by atoms with Gasteiger partial charge in [-0.3, -0.25) is 0 Å². The molecule has 1 aromatic heterocycles. The summed E-state index contributed by atoms with van der Waals surface area (Å²) in [6, 6.07) is 4.13. The Bertz CT molecular complexity index is 331. The predicted molar refractivity (Wildman–Crippen MR) is 65.1 cm³/mol. The Balaban J connectivity index is 2.55. The molecule has 0 fully saturated rings. The van der Waals surface area contributed by atoms with Crippen LogP contribution in [0.4, 0.5) is 0 Å². The summed E-state index contributed by atoms with van der Waals surface area (Å²) < 4.78 is 5.68. The van der Waals surface area contributed by atoms with Crippen LogP contribution in [0.3, 0.4) is 0 Å². The third-order valence-electron chi connectivity index (χ3n) is 2.81. The van der Waals surface area contributed by atoms with Gasteiger partial charge in [0, 0.05) is 5.41 Å². The van der Waals surface area contributed by atoms with Crippen molar-refractivity contribution in [2.45, 2.75) is 52.4 Å². The second-order valence-corrected chi connectivity index (χ2v) is 5.10. The van der Waals surface area contributed by atoms with Crippen molar-refractivity contribution in [3.8, 4) is 0 Å². The van der Waals surface area contributed by atoms with Crippen LogP contribution in [0.1, 0.15) is 51.6 Å². The molecule has 0 aliphatic rings. The molecule has 0 radical (unpaired) electrons. The van der Waals surface area contributed by atoms with Gasteiger partial charge in [0.05, 0.1) is 0 Å². The Labute approximate surface area is 93.2 Å². The van der Waals surface area contributed by atoms with E-state index in [1.54, 1.807) is 0 Å². The predicted octanol–water partition coefficient (Wildman–Crippen LogP) is 4.61. The van der Waals surface area contributed by atoms with Crippen LogP contribution in [0.25, 0.3) is 0 Å². The highest BCUT2D eigenvalue weighted by Crippen LogP contribution is 2.30. The Morgan fingerprint density at radius 1 is 1.40 bits per heavy atom. The topological polar surface area (TPSA) is 13.1 Å². The van der Waals surface area contributed by atoms with Gasteiger partial charge in [0.1, 0.15) is 11.5 Å². The highest BCUT2D eigenvalue weighted by Gasteiger charge is 2.23. The van der Waals surface area contributed by atoms with Crippen LogP contribution < -0.4 is 0 Å². The molecule has 0 aliphatic heterocycles. The normalized spacial score (nSPS) is 11.7. The van der Waals surface area contributed by atoms with Crippen LogP contribution in [-0.2, 0) is 5.41 Å². The van der Waals surface area contributed by atoms with E-state index >= 15 is 0 Å². The molecule has 15 heavy (non-hydrogen) atoms. The van der Waals surface area contributed by atoms with Crippen molar-refractivity contribution in [3.05, 3.63) is 35.8 Å². The van der Waals surface area contributed by atoms with Crippen LogP contribution in [0, 0.1) is 6.92 Å². The fourth-order valence-electron chi connectivity index (χ4n) is 1.75. The van der Waals surface area contributed by atoms with Gasteiger partial charge < -0.3 is 4.42 Å². The molecule has 0 spiro atoms. The third-order valence-corrected chi connectivity index (χ3v) is 2.81. The minimum Gasteiger partial charge on any atom is -0.466 e. The van der Waals surface area contributed by atoms with E-state index in [-0.39, 0.29) is 5.41 Å². The average molecular weight is 206 g/mol. The molecule has 0 atom stereocenters. The molecule has 0 N–H and O–H groups in total. The van der Waals surface area contributed by atoms with E-state index in [2.05, 4.69) is 33.4 Å². The van der Waals surface area contributed by atoms with Crippen molar-refractivity contribution < 1.29 is 4.42 Å². The Morgan fingerprint density at radius 3 is 2.53 bits per heavy atom. The molecule has 1 heteroatoms. The summed E-state index contributed by atoms with van der Waals surface area (Å²) in [7, 11) is 0. The summed E-state index contributed by atoms with van der Waals surface area (Å²) in [4.78, 5) is 0. The highest BCUT2D eigenvalue weighted by molar-refractivity contribution is 5.14. The molecule has 0 saturated carbocycles. The lowest BCUT2D eigenvalue weighted by molar-refractivity contribution is 0.348. The van der Waals surface area contributed by atoms with Crippen LogP contribution in [0.15, 0.2) is 28.7 Å². The van der Waals surface area contributed by atoms with E-state index in [9.17, 15) is 0 Å². The van der Waals surface area contributed by atoms with Crippen LogP contribution in [0.2, 0.25) is 0 Å². The molecule has 1 rings (SSSR count). The van der Waals surface area contributed by atoms with E-state index in [0.29, 0.717) is 0 Å². The summed E-state index contributed by atoms with van der Waals surface area (Å²) in [6.07, 6.45) is 3.44. The number of aryl methyl sites for hydroxylation is 1. The van der Waals surface area contributed by atoms with Gasteiger partial charge in [-0.05, 0) is 45.2 Å². The number of furan rings is 1. The number of hydrogen-bond donors (Lipinski definition) is 0. The zero-order valence-corrected chi connectivity index (χ0v) is 10.4. The maximum absolute atomic E-state index is 5.68. The maximum atomic E-state index is 5.68. The van der Waals surface area contributed by atoms with Gasteiger partial charge in [-0.15, -0.1) is 6.58 Å². The van der Waals surface area contributed by atoms with Crippen LogP contribution >= 0.6 is 0 Å². The molecule has 1 heterocycles. The third kappa shape index (κ3) is 3.58. The van der Waals surface area contributed by atoms with E-state index in [1.165, 1.54) is 12.0 Å². The molecule has 0 unspecified atom stereocenters. The first kappa shape index (κ1) is 12.1. The average Bonchev–Trinajstić information content (AvgIpc) is 2.51. The monoisotopic (exact) mass is 206 g/mol. The quantitative estimate of drug-likeness (QED) is 0.641. The highest BCUT2D eigenvalue weighted by atomic mass is 16.3. The van der Waals surface area contributed by atoms with Gasteiger partial charge in [-0.2, -0.15) is 0 Å². The Kier molecular flexibility index (Phi) is 3.78. The number of rotatable bonds is 5. The fourth-order valence-corrected chi connectivity index (χ4v) is 1.75. The lowest BCUT2D eigenvalue weighted by Gasteiger charge is -2.21.